The molecule has 2 N–H and O–H groups in total. The summed E-state index contributed by atoms with van der Waals surface area (Å²) in [5.41, 5.74) is 2.84. The first-order valence-corrected chi connectivity index (χ1v) is 8.16. The highest BCUT2D eigenvalue weighted by Crippen LogP contribution is 2.37. The van der Waals surface area contributed by atoms with E-state index in [1.165, 1.54) is 0 Å². The van der Waals surface area contributed by atoms with E-state index in [2.05, 4.69) is 16.9 Å². The van der Waals surface area contributed by atoms with Gasteiger partial charge >= 0.3 is 0 Å². The Balaban J connectivity index is 2.42. The molecule has 0 saturated heterocycles. The van der Waals surface area contributed by atoms with Crippen LogP contribution in [0.1, 0.15) is 17.4 Å². The molecule has 0 amide bonds. The van der Waals surface area contributed by atoms with Crippen LogP contribution in [0.3, 0.4) is 0 Å². The van der Waals surface area contributed by atoms with Gasteiger partial charge in [0, 0.05) is 15.5 Å². The van der Waals surface area contributed by atoms with Crippen molar-refractivity contribution in [3.8, 4) is 11.1 Å². The second-order valence-corrected chi connectivity index (χ2v) is 6.75. The van der Waals surface area contributed by atoms with Crippen LogP contribution < -0.4 is 5.56 Å². The quantitative estimate of drug-likeness (QED) is 0.658. The van der Waals surface area contributed by atoms with Gasteiger partial charge in [-0.1, -0.05) is 24.6 Å². The first-order valence-electron chi connectivity index (χ1n) is 6.55. The third-order valence-corrected chi connectivity index (χ3v) is 5.31. The number of aromatic amines is 2. The summed E-state index contributed by atoms with van der Waals surface area (Å²) in [7, 11) is 0. The molecule has 3 aromatic rings. The number of aromatic nitrogens is 2. The summed E-state index contributed by atoms with van der Waals surface area (Å²) in [6.45, 7) is 4.05. The molecule has 1 aromatic carbocycles. The van der Waals surface area contributed by atoms with E-state index in [1.807, 2.05) is 25.1 Å². The Morgan fingerprint density at radius 3 is 2.76 bits per heavy atom. The largest absolute Gasteiger partial charge is 0.323 e. The summed E-state index contributed by atoms with van der Waals surface area (Å²) >= 11 is 12.7. The molecule has 3 rings (SSSR count). The third kappa shape index (κ3) is 2.46. The lowest BCUT2D eigenvalue weighted by molar-refractivity contribution is 1.15. The van der Waals surface area contributed by atoms with Crippen LogP contribution in [-0.2, 0) is 6.42 Å². The number of hydrogen-bond donors (Lipinski definition) is 2. The molecule has 0 aliphatic rings. The Hall–Kier alpha value is -1.43. The van der Waals surface area contributed by atoms with Crippen molar-refractivity contribution in [1.82, 2.24) is 9.97 Å². The third-order valence-electron chi connectivity index (χ3n) is 3.43. The fourth-order valence-corrected chi connectivity index (χ4v) is 3.98. The van der Waals surface area contributed by atoms with Crippen molar-refractivity contribution in [2.45, 2.75) is 20.3 Å². The van der Waals surface area contributed by atoms with Crippen LogP contribution in [0, 0.1) is 11.7 Å². The van der Waals surface area contributed by atoms with Crippen LogP contribution in [0.5, 0.6) is 0 Å². The number of thiophene rings is 1. The summed E-state index contributed by atoms with van der Waals surface area (Å²) in [5.74, 6) is 0. The Bertz CT molecular complexity index is 952. The van der Waals surface area contributed by atoms with Crippen LogP contribution in [0.4, 0.5) is 0 Å². The number of hydrogen-bond acceptors (Lipinski definition) is 3. The average Bonchev–Trinajstić information content (AvgIpc) is 2.80. The molecule has 0 saturated carbocycles. The van der Waals surface area contributed by atoms with Gasteiger partial charge in [0.2, 0.25) is 0 Å². The molecule has 2 aromatic heterocycles. The number of H-pyrrole nitrogens is 2. The molecule has 0 aliphatic carbocycles. The van der Waals surface area contributed by atoms with Crippen LogP contribution >= 0.6 is 35.2 Å². The highest BCUT2D eigenvalue weighted by Gasteiger charge is 2.16. The van der Waals surface area contributed by atoms with Crippen molar-refractivity contribution < 1.29 is 0 Å². The van der Waals surface area contributed by atoms with E-state index in [9.17, 15) is 4.79 Å². The second kappa shape index (κ2) is 5.40. The Labute approximate surface area is 135 Å². The zero-order valence-corrected chi connectivity index (χ0v) is 13.9. The summed E-state index contributed by atoms with van der Waals surface area (Å²) in [5, 5.41) is 1.40. The topological polar surface area (TPSA) is 48.6 Å². The zero-order chi connectivity index (χ0) is 15.1. The fourth-order valence-electron chi connectivity index (χ4n) is 2.44. The Morgan fingerprint density at radius 1 is 1.33 bits per heavy atom. The van der Waals surface area contributed by atoms with E-state index < -0.39 is 0 Å². The number of rotatable bonds is 2. The van der Waals surface area contributed by atoms with Gasteiger partial charge in [0.25, 0.3) is 5.56 Å². The van der Waals surface area contributed by atoms with E-state index >= 15 is 0 Å². The number of fused-ring (bicyclic) bond motifs is 1. The predicted octanol–water partition coefficient (Wildman–Crippen LogP) is 4.84. The van der Waals surface area contributed by atoms with Crippen molar-refractivity contribution in [3.63, 3.8) is 0 Å². The first kappa shape index (κ1) is 14.5. The van der Waals surface area contributed by atoms with Crippen LogP contribution in [0.25, 0.3) is 21.3 Å². The fraction of sp³-hybridized carbons (Fsp3) is 0.200. The minimum Gasteiger partial charge on any atom is -0.323 e. The molecule has 0 aliphatic heterocycles. The van der Waals surface area contributed by atoms with Gasteiger partial charge in [0.1, 0.15) is 4.83 Å². The molecule has 3 nitrogen and oxygen atoms in total. The Morgan fingerprint density at radius 2 is 2.10 bits per heavy atom. The molecule has 6 heteroatoms. The monoisotopic (exact) mass is 336 g/mol. The molecule has 21 heavy (non-hydrogen) atoms. The van der Waals surface area contributed by atoms with E-state index in [1.54, 1.807) is 11.3 Å². The number of aryl methyl sites for hydroxylation is 2. The van der Waals surface area contributed by atoms with Gasteiger partial charge < -0.3 is 4.98 Å². The van der Waals surface area contributed by atoms with Crippen molar-refractivity contribution in [2.24, 2.45) is 0 Å². The van der Waals surface area contributed by atoms with Crippen molar-refractivity contribution >= 4 is 45.4 Å². The molecular weight excluding hydrogens is 324 g/mol. The average molecular weight is 337 g/mol. The van der Waals surface area contributed by atoms with Crippen molar-refractivity contribution in [2.75, 3.05) is 0 Å². The molecule has 108 valence electrons. The van der Waals surface area contributed by atoms with Gasteiger partial charge in [0.05, 0.1) is 5.39 Å². The predicted molar refractivity (Wildman–Crippen MR) is 92.2 cm³/mol. The maximum Gasteiger partial charge on any atom is 0.261 e. The summed E-state index contributed by atoms with van der Waals surface area (Å²) < 4.78 is 0.357. The first-order chi connectivity index (χ1) is 10.0. The molecule has 0 spiro atoms. The maximum absolute atomic E-state index is 12.3. The lowest BCUT2D eigenvalue weighted by Gasteiger charge is -2.05. The van der Waals surface area contributed by atoms with Gasteiger partial charge in [0.15, 0.2) is 4.77 Å². The minimum absolute atomic E-state index is 0.146. The van der Waals surface area contributed by atoms with E-state index in [0.717, 1.165) is 37.8 Å². The van der Waals surface area contributed by atoms with Crippen LogP contribution in [0.15, 0.2) is 23.0 Å². The molecule has 0 unspecified atom stereocenters. The standard InChI is InChI=1S/C15H13ClN2OS2/c1-3-10-11(8-4-5-9(16)7(2)6-8)12-13(19)17-15(20)18-14(12)21-10/h4-6H,3H2,1-2H3,(H2,17,18,19,20). The maximum atomic E-state index is 12.3. The lowest BCUT2D eigenvalue weighted by Crippen LogP contribution is -2.07. The van der Waals surface area contributed by atoms with Crippen LogP contribution in [0.2, 0.25) is 5.02 Å². The number of benzene rings is 1. The Kier molecular flexibility index (Phi) is 3.73. The van der Waals surface area contributed by atoms with Gasteiger partial charge in [-0.2, -0.15) is 0 Å². The molecule has 0 fully saturated rings. The highest BCUT2D eigenvalue weighted by atomic mass is 35.5. The number of halogens is 1. The SMILES string of the molecule is CCc1sc2[nH]c(=S)[nH]c(=O)c2c1-c1ccc(Cl)c(C)c1. The summed E-state index contributed by atoms with van der Waals surface area (Å²) in [6, 6.07) is 5.84. The minimum atomic E-state index is -0.146. The van der Waals surface area contributed by atoms with Crippen molar-refractivity contribution in [3.05, 3.63) is 48.8 Å². The van der Waals surface area contributed by atoms with Gasteiger partial charge in [-0.05, 0) is 48.8 Å². The van der Waals surface area contributed by atoms with E-state index in [4.69, 9.17) is 23.8 Å². The second-order valence-electron chi connectivity index (χ2n) is 4.83. The van der Waals surface area contributed by atoms with Gasteiger partial charge in [-0.3, -0.25) is 9.78 Å². The summed E-state index contributed by atoms with van der Waals surface area (Å²) in [6.07, 6.45) is 0.858. The highest BCUT2D eigenvalue weighted by molar-refractivity contribution is 7.71. The van der Waals surface area contributed by atoms with Gasteiger partial charge in [-0.25, -0.2) is 0 Å². The molecular formula is C15H13ClN2OS2. The van der Waals surface area contributed by atoms with Crippen molar-refractivity contribution in [1.29, 1.82) is 0 Å². The van der Waals surface area contributed by atoms with Crippen LogP contribution in [-0.4, -0.2) is 9.97 Å². The van der Waals surface area contributed by atoms with E-state index in [-0.39, 0.29) is 5.56 Å². The molecule has 0 radical (unpaired) electrons. The molecule has 2 heterocycles. The van der Waals surface area contributed by atoms with Gasteiger partial charge in [-0.15, -0.1) is 11.3 Å². The molecule has 0 bridgehead atoms. The number of nitrogens with one attached hydrogen (secondary N) is 2. The van der Waals surface area contributed by atoms with E-state index in [0.29, 0.717) is 10.2 Å². The molecule has 0 atom stereocenters. The normalized spacial score (nSPS) is 11.2. The zero-order valence-electron chi connectivity index (χ0n) is 11.5. The lowest BCUT2D eigenvalue weighted by atomic mass is 10.0. The summed E-state index contributed by atoms with van der Waals surface area (Å²) in [4.78, 5) is 20.0. The smallest absolute Gasteiger partial charge is 0.261 e.